The molecule has 1 fully saturated rings. The van der Waals surface area contributed by atoms with E-state index < -0.39 is 0 Å². The number of methoxy groups -OCH3 is 1. The van der Waals surface area contributed by atoms with Crippen molar-refractivity contribution < 1.29 is 4.74 Å². The molecule has 0 bridgehead atoms. The number of benzene rings is 1. The molecule has 0 radical (unpaired) electrons. The van der Waals surface area contributed by atoms with Gasteiger partial charge >= 0.3 is 0 Å². The summed E-state index contributed by atoms with van der Waals surface area (Å²) in [7, 11) is 1.72. The van der Waals surface area contributed by atoms with Gasteiger partial charge in [0.25, 0.3) is 0 Å². The van der Waals surface area contributed by atoms with Gasteiger partial charge in [-0.15, -0.1) is 0 Å². The van der Waals surface area contributed by atoms with Crippen molar-refractivity contribution in [3.05, 3.63) is 29.8 Å². The fourth-order valence-corrected chi connectivity index (χ4v) is 2.14. The smallest absolute Gasteiger partial charge is 0.119 e. The Morgan fingerprint density at radius 2 is 2.19 bits per heavy atom. The second-order valence-electron chi connectivity index (χ2n) is 4.77. The van der Waals surface area contributed by atoms with Crippen LogP contribution in [0.25, 0.3) is 0 Å². The zero-order valence-corrected chi connectivity index (χ0v) is 10.4. The highest BCUT2D eigenvalue weighted by Gasteiger charge is 2.44. The van der Waals surface area contributed by atoms with Gasteiger partial charge in [-0.2, -0.15) is 0 Å². The van der Waals surface area contributed by atoms with Crippen LogP contribution in [0.3, 0.4) is 0 Å². The molecule has 2 rings (SSSR count). The molecule has 1 saturated carbocycles. The monoisotopic (exact) mass is 219 g/mol. The molecule has 2 heteroatoms. The summed E-state index contributed by atoms with van der Waals surface area (Å²) >= 11 is 0. The fraction of sp³-hybridized carbons (Fsp3) is 0.571. The Bertz CT molecular complexity index is 358. The maximum Gasteiger partial charge on any atom is 0.119 e. The second-order valence-corrected chi connectivity index (χ2v) is 4.77. The summed E-state index contributed by atoms with van der Waals surface area (Å²) in [4.78, 5) is 0. The van der Waals surface area contributed by atoms with E-state index in [1.54, 1.807) is 7.11 Å². The van der Waals surface area contributed by atoms with Gasteiger partial charge < -0.3 is 10.1 Å². The Hall–Kier alpha value is -1.02. The van der Waals surface area contributed by atoms with Gasteiger partial charge in [0.2, 0.25) is 0 Å². The van der Waals surface area contributed by atoms with Crippen LogP contribution in [0.1, 0.15) is 38.7 Å². The largest absolute Gasteiger partial charge is 0.497 e. The summed E-state index contributed by atoms with van der Waals surface area (Å²) in [6.07, 6.45) is 3.65. The van der Waals surface area contributed by atoms with Crippen molar-refractivity contribution in [3.63, 3.8) is 0 Å². The van der Waals surface area contributed by atoms with Crippen LogP contribution in [0.2, 0.25) is 0 Å². The van der Waals surface area contributed by atoms with Gasteiger partial charge in [0, 0.05) is 11.6 Å². The third-order valence-electron chi connectivity index (χ3n) is 3.51. The van der Waals surface area contributed by atoms with Crippen LogP contribution >= 0.6 is 0 Å². The molecule has 1 unspecified atom stereocenters. The summed E-state index contributed by atoms with van der Waals surface area (Å²) in [5, 5.41) is 3.73. The SMILES string of the molecule is CCC(C)NC1(c2cccc(OC)c2)CC1. The Labute approximate surface area is 98.0 Å². The van der Waals surface area contributed by atoms with E-state index in [0.29, 0.717) is 6.04 Å². The summed E-state index contributed by atoms with van der Waals surface area (Å²) in [5.74, 6) is 0.953. The number of hydrogen-bond donors (Lipinski definition) is 1. The molecule has 1 N–H and O–H groups in total. The van der Waals surface area contributed by atoms with Crippen molar-refractivity contribution >= 4 is 0 Å². The van der Waals surface area contributed by atoms with Crippen LogP contribution in [0.5, 0.6) is 5.75 Å². The van der Waals surface area contributed by atoms with Gasteiger partial charge in [-0.25, -0.2) is 0 Å². The lowest BCUT2D eigenvalue weighted by Crippen LogP contribution is -2.36. The van der Waals surface area contributed by atoms with Gasteiger partial charge in [-0.05, 0) is 43.9 Å². The minimum Gasteiger partial charge on any atom is -0.497 e. The first-order valence-electron chi connectivity index (χ1n) is 6.12. The molecule has 1 aliphatic rings. The van der Waals surface area contributed by atoms with Crippen molar-refractivity contribution in [2.24, 2.45) is 0 Å². The molecule has 0 spiro atoms. The summed E-state index contributed by atoms with van der Waals surface area (Å²) < 4.78 is 5.28. The minimum atomic E-state index is 0.226. The van der Waals surface area contributed by atoms with Crippen LogP contribution < -0.4 is 10.1 Å². The highest BCUT2D eigenvalue weighted by Crippen LogP contribution is 2.46. The fourth-order valence-electron chi connectivity index (χ4n) is 2.14. The zero-order valence-electron chi connectivity index (χ0n) is 10.4. The molecule has 1 aromatic carbocycles. The molecule has 1 atom stereocenters. The molecular weight excluding hydrogens is 198 g/mol. The van der Waals surface area contributed by atoms with Crippen LogP contribution in [0, 0.1) is 0 Å². The number of nitrogens with one attached hydrogen (secondary N) is 1. The van der Waals surface area contributed by atoms with E-state index in [9.17, 15) is 0 Å². The molecule has 0 aliphatic heterocycles. The van der Waals surface area contributed by atoms with E-state index in [1.165, 1.54) is 24.8 Å². The summed E-state index contributed by atoms with van der Waals surface area (Å²) in [5.41, 5.74) is 1.59. The van der Waals surface area contributed by atoms with E-state index in [-0.39, 0.29) is 5.54 Å². The first-order valence-corrected chi connectivity index (χ1v) is 6.12. The zero-order chi connectivity index (χ0) is 11.6. The Morgan fingerprint density at radius 3 is 2.75 bits per heavy atom. The second kappa shape index (κ2) is 4.46. The van der Waals surface area contributed by atoms with E-state index in [2.05, 4.69) is 37.4 Å². The lowest BCUT2D eigenvalue weighted by atomic mass is 10.0. The van der Waals surface area contributed by atoms with Crippen molar-refractivity contribution in [2.75, 3.05) is 7.11 Å². The van der Waals surface area contributed by atoms with Gasteiger partial charge in [-0.3, -0.25) is 0 Å². The van der Waals surface area contributed by atoms with Gasteiger partial charge in [0.15, 0.2) is 0 Å². The van der Waals surface area contributed by atoms with Gasteiger partial charge in [0.1, 0.15) is 5.75 Å². The minimum absolute atomic E-state index is 0.226. The molecular formula is C14H21NO. The summed E-state index contributed by atoms with van der Waals surface area (Å²) in [6.45, 7) is 4.47. The van der Waals surface area contributed by atoms with Crippen molar-refractivity contribution in [2.45, 2.75) is 44.7 Å². The van der Waals surface area contributed by atoms with Crippen molar-refractivity contribution in [1.29, 1.82) is 0 Å². The molecule has 0 amide bonds. The standard InChI is InChI=1S/C14H21NO/c1-4-11(2)15-14(8-9-14)12-6-5-7-13(10-12)16-3/h5-7,10-11,15H,4,8-9H2,1-3H3. The molecule has 2 nitrogen and oxygen atoms in total. The molecule has 0 aromatic heterocycles. The van der Waals surface area contributed by atoms with Crippen LogP contribution in [0.4, 0.5) is 0 Å². The molecule has 0 saturated heterocycles. The lowest BCUT2D eigenvalue weighted by molar-refractivity contribution is 0.407. The number of ether oxygens (including phenoxy) is 1. The quantitative estimate of drug-likeness (QED) is 0.821. The third kappa shape index (κ3) is 2.22. The molecule has 1 aromatic rings. The topological polar surface area (TPSA) is 21.3 Å². The third-order valence-corrected chi connectivity index (χ3v) is 3.51. The van der Waals surface area contributed by atoms with Crippen molar-refractivity contribution in [3.8, 4) is 5.75 Å². The van der Waals surface area contributed by atoms with Crippen LogP contribution in [0.15, 0.2) is 24.3 Å². The lowest BCUT2D eigenvalue weighted by Gasteiger charge is -2.22. The highest BCUT2D eigenvalue weighted by atomic mass is 16.5. The Balaban J connectivity index is 2.16. The average Bonchev–Trinajstić information content (AvgIpc) is 3.10. The highest BCUT2D eigenvalue weighted by molar-refractivity contribution is 5.36. The first kappa shape index (κ1) is 11.5. The molecule has 88 valence electrons. The Kier molecular flexibility index (Phi) is 3.20. The maximum atomic E-state index is 5.28. The van der Waals surface area contributed by atoms with E-state index in [1.807, 2.05) is 6.07 Å². The number of rotatable bonds is 5. The average molecular weight is 219 g/mol. The number of hydrogen-bond acceptors (Lipinski definition) is 2. The molecule has 16 heavy (non-hydrogen) atoms. The molecule has 0 heterocycles. The predicted molar refractivity (Wildman–Crippen MR) is 66.8 cm³/mol. The first-order chi connectivity index (χ1) is 7.70. The summed E-state index contributed by atoms with van der Waals surface area (Å²) in [6, 6.07) is 9.01. The Morgan fingerprint density at radius 1 is 1.44 bits per heavy atom. The maximum absolute atomic E-state index is 5.28. The van der Waals surface area contributed by atoms with E-state index in [0.717, 1.165) is 5.75 Å². The van der Waals surface area contributed by atoms with Crippen molar-refractivity contribution in [1.82, 2.24) is 5.32 Å². The van der Waals surface area contributed by atoms with Crippen LogP contribution in [-0.2, 0) is 5.54 Å². The molecule has 1 aliphatic carbocycles. The van der Waals surface area contributed by atoms with E-state index in [4.69, 9.17) is 4.74 Å². The normalized spacial score (nSPS) is 19.2. The van der Waals surface area contributed by atoms with Gasteiger partial charge in [-0.1, -0.05) is 19.1 Å². The predicted octanol–water partition coefficient (Wildman–Crippen LogP) is 3.07. The van der Waals surface area contributed by atoms with Gasteiger partial charge in [0.05, 0.1) is 7.11 Å². The van der Waals surface area contributed by atoms with Crippen LogP contribution in [-0.4, -0.2) is 13.2 Å². The van der Waals surface area contributed by atoms with E-state index >= 15 is 0 Å².